The molecular formula is C73H57NO2. The summed E-state index contributed by atoms with van der Waals surface area (Å²) in [5.74, 6) is 0. The molecule has 76 heavy (non-hydrogen) atoms. The third kappa shape index (κ3) is 5.43. The third-order valence-corrected chi connectivity index (χ3v) is 18.8. The van der Waals surface area contributed by atoms with E-state index in [2.05, 4.69) is 249 Å². The fourth-order valence-electron chi connectivity index (χ4n) is 15.2. The lowest BCUT2D eigenvalue weighted by Crippen LogP contribution is -2.24. The van der Waals surface area contributed by atoms with Crippen LogP contribution in [-0.4, -0.2) is 0 Å². The summed E-state index contributed by atoms with van der Waals surface area (Å²) in [7, 11) is 0. The first kappa shape index (κ1) is 43.9. The van der Waals surface area contributed by atoms with Gasteiger partial charge in [-0.1, -0.05) is 188 Å². The van der Waals surface area contributed by atoms with Crippen LogP contribution in [0.2, 0.25) is 0 Å². The van der Waals surface area contributed by atoms with Crippen molar-refractivity contribution < 1.29 is 8.83 Å². The van der Waals surface area contributed by atoms with E-state index in [1.54, 1.807) is 0 Å². The summed E-state index contributed by atoms with van der Waals surface area (Å²) < 4.78 is 14.0. The van der Waals surface area contributed by atoms with Crippen LogP contribution >= 0.6 is 0 Å². The standard InChI is InChI=1S/C73H57NO2/c1-40-19-18-20-41(35-40)52-39-58-61(63-50-23-12-16-27-59(50)75-68(52)63)48-33-30-43(37-56(48)71(58,4)5)74(42-29-32-46-45-21-10-14-25-53(45)70(2,3)55(46)36-42)44-31-34-49-57(38-44)73(8,9)67-65(49)69-64(51-24-13-17-28-60(51)76-69)62-47-22-11-15-26-54(47)72(6,7)66(62)67/h10-39H,1-9H3. The van der Waals surface area contributed by atoms with Crippen molar-refractivity contribution in [1.29, 1.82) is 0 Å². The van der Waals surface area contributed by atoms with Gasteiger partial charge in [-0.2, -0.15) is 0 Å². The summed E-state index contributed by atoms with van der Waals surface area (Å²) >= 11 is 0. The Hall–Kier alpha value is -8.40. The average Bonchev–Trinajstić information content (AvgIpc) is 4.34. The zero-order chi connectivity index (χ0) is 51.5. The predicted octanol–water partition coefficient (Wildman–Crippen LogP) is 20.2. The fourth-order valence-corrected chi connectivity index (χ4v) is 15.2. The highest BCUT2D eigenvalue weighted by molar-refractivity contribution is 6.21. The van der Waals surface area contributed by atoms with E-state index in [0.717, 1.165) is 50.3 Å². The molecule has 0 amide bonds. The summed E-state index contributed by atoms with van der Waals surface area (Å²) in [5, 5.41) is 4.75. The second-order valence-corrected chi connectivity index (χ2v) is 24.4. The SMILES string of the molecule is Cc1cccc(-c2cc3c(c4c2oc2ccccc24)-c2ccc(N(c4ccc5c(c4)C(C)(C)c4ccccc4-5)c4ccc5c(c4)C(C)(C)c4c6c(c7c(oc8ccccc87)c4-5)-c4ccccc4C6(C)C)cc2C3(C)C)c1. The molecule has 0 saturated carbocycles. The van der Waals surface area contributed by atoms with Gasteiger partial charge in [0.2, 0.25) is 0 Å². The normalized spacial score (nSPS) is 16.1. The van der Waals surface area contributed by atoms with Crippen molar-refractivity contribution in [3.63, 3.8) is 0 Å². The maximum atomic E-state index is 7.11. The molecule has 0 radical (unpaired) electrons. The van der Waals surface area contributed by atoms with Gasteiger partial charge < -0.3 is 13.7 Å². The second-order valence-electron chi connectivity index (χ2n) is 24.4. The van der Waals surface area contributed by atoms with Crippen LogP contribution in [0, 0.1) is 6.92 Å². The van der Waals surface area contributed by atoms with Gasteiger partial charge in [0, 0.05) is 71.4 Å². The quantitative estimate of drug-likeness (QED) is 0.176. The lowest BCUT2D eigenvalue weighted by atomic mass is 9.72. The molecule has 0 saturated heterocycles. The van der Waals surface area contributed by atoms with Crippen molar-refractivity contribution in [1.82, 2.24) is 0 Å². The van der Waals surface area contributed by atoms with E-state index in [0.29, 0.717) is 0 Å². The summed E-state index contributed by atoms with van der Waals surface area (Å²) in [5.41, 5.74) is 30.8. The molecule has 10 aromatic carbocycles. The van der Waals surface area contributed by atoms with Gasteiger partial charge in [0.25, 0.3) is 0 Å². The first-order valence-electron chi connectivity index (χ1n) is 27.2. The van der Waals surface area contributed by atoms with Crippen LogP contribution in [0.5, 0.6) is 0 Å². The Bertz CT molecular complexity index is 4600. The Balaban J connectivity index is 0.933. The number of hydrogen-bond acceptors (Lipinski definition) is 3. The van der Waals surface area contributed by atoms with Gasteiger partial charge in [-0.25, -0.2) is 0 Å². The summed E-state index contributed by atoms with van der Waals surface area (Å²) in [6, 6.07) is 68.3. The largest absolute Gasteiger partial charge is 0.455 e. The van der Waals surface area contributed by atoms with Gasteiger partial charge in [-0.15, -0.1) is 0 Å². The Morgan fingerprint density at radius 1 is 0.329 bits per heavy atom. The molecule has 12 aromatic rings. The highest BCUT2D eigenvalue weighted by Crippen LogP contribution is 2.64. The van der Waals surface area contributed by atoms with Crippen LogP contribution in [0.1, 0.15) is 105 Å². The van der Waals surface area contributed by atoms with Gasteiger partial charge in [0.1, 0.15) is 22.3 Å². The molecule has 0 spiro atoms. The van der Waals surface area contributed by atoms with Crippen molar-refractivity contribution in [2.45, 2.75) is 84.0 Å². The summed E-state index contributed by atoms with van der Waals surface area (Å²) in [6.07, 6.45) is 0. The predicted molar refractivity (Wildman–Crippen MR) is 316 cm³/mol. The lowest BCUT2D eigenvalue weighted by Gasteiger charge is -2.32. The molecular weight excluding hydrogens is 923 g/mol. The molecule has 0 aliphatic heterocycles. The van der Waals surface area contributed by atoms with Gasteiger partial charge in [-0.05, 0) is 151 Å². The van der Waals surface area contributed by atoms with E-state index in [9.17, 15) is 0 Å². The summed E-state index contributed by atoms with van der Waals surface area (Å²) in [4.78, 5) is 2.54. The third-order valence-electron chi connectivity index (χ3n) is 18.8. The number of benzene rings is 10. The van der Waals surface area contributed by atoms with Crippen LogP contribution in [0.25, 0.3) is 99.5 Å². The monoisotopic (exact) mass is 979 g/mol. The van der Waals surface area contributed by atoms with Gasteiger partial charge >= 0.3 is 0 Å². The molecule has 366 valence electrons. The zero-order valence-electron chi connectivity index (χ0n) is 44.6. The zero-order valence-corrected chi connectivity index (χ0v) is 44.6. The number of hydrogen-bond donors (Lipinski definition) is 0. The van der Waals surface area contributed by atoms with Crippen molar-refractivity contribution in [2.24, 2.45) is 0 Å². The number of anilines is 3. The van der Waals surface area contributed by atoms with E-state index in [1.807, 2.05) is 0 Å². The van der Waals surface area contributed by atoms with E-state index in [-0.39, 0.29) is 21.7 Å². The fraction of sp³-hybridized carbons (Fsp3) is 0.178. The van der Waals surface area contributed by atoms with Crippen LogP contribution < -0.4 is 4.90 Å². The first-order chi connectivity index (χ1) is 36.6. The maximum absolute atomic E-state index is 7.11. The number of fused-ring (bicyclic) bond motifs is 22. The van der Waals surface area contributed by atoms with Crippen LogP contribution in [-0.2, 0) is 21.7 Å². The van der Waals surface area contributed by atoms with Crippen molar-refractivity contribution >= 4 is 60.9 Å². The molecule has 2 aromatic heterocycles. The topological polar surface area (TPSA) is 29.5 Å². The molecule has 4 aliphatic carbocycles. The molecule has 0 unspecified atom stereocenters. The molecule has 2 heterocycles. The second kappa shape index (κ2) is 14.5. The first-order valence-corrected chi connectivity index (χ1v) is 27.2. The van der Waals surface area contributed by atoms with E-state index < -0.39 is 0 Å². The number of furan rings is 2. The van der Waals surface area contributed by atoms with Crippen LogP contribution in [0.15, 0.2) is 191 Å². The molecule has 4 aliphatic rings. The molecule has 0 bridgehead atoms. The highest BCUT2D eigenvalue weighted by atomic mass is 16.3. The Morgan fingerprint density at radius 3 is 1.45 bits per heavy atom. The van der Waals surface area contributed by atoms with E-state index in [1.165, 1.54) is 116 Å². The Kier molecular flexibility index (Phi) is 8.38. The number of nitrogens with zero attached hydrogens (tertiary/aromatic N) is 1. The van der Waals surface area contributed by atoms with Crippen molar-refractivity contribution in [3.8, 4) is 55.6 Å². The Labute approximate surface area is 444 Å². The Morgan fingerprint density at radius 2 is 0.789 bits per heavy atom. The minimum Gasteiger partial charge on any atom is -0.455 e. The average molecular weight is 980 g/mol. The van der Waals surface area contributed by atoms with Gasteiger partial charge in [0.15, 0.2) is 0 Å². The highest BCUT2D eigenvalue weighted by Gasteiger charge is 2.49. The molecule has 0 fully saturated rings. The minimum atomic E-state index is -0.361. The van der Waals surface area contributed by atoms with Gasteiger partial charge in [0.05, 0.1) is 0 Å². The molecule has 16 rings (SSSR count). The molecule has 0 N–H and O–H groups in total. The smallest absolute Gasteiger partial charge is 0.144 e. The minimum absolute atomic E-state index is 0.173. The number of para-hydroxylation sites is 2. The van der Waals surface area contributed by atoms with Crippen molar-refractivity contribution in [2.75, 3.05) is 4.90 Å². The number of aryl methyl sites for hydroxylation is 1. The number of rotatable bonds is 4. The molecule has 0 atom stereocenters. The molecule has 3 heteroatoms. The summed E-state index contributed by atoms with van der Waals surface area (Å²) in [6.45, 7) is 21.6. The van der Waals surface area contributed by atoms with E-state index in [4.69, 9.17) is 8.83 Å². The van der Waals surface area contributed by atoms with Crippen LogP contribution in [0.3, 0.4) is 0 Å². The van der Waals surface area contributed by atoms with E-state index >= 15 is 0 Å². The van der Waals surface area contributed by atoms with Crippen molar-refractivity contribution in [3.05, 3.63) is 232 Å². The molecule has 3 nitrogen and oxygen atoms in total. The maximum Gasteiger partial charge on any atom is 0.144 e. The lowest BCUT2D eigenvalue weighted by molar-refractivity contribution is 0.600. The van der Waals surface area contributed by atoms with Crippen LogP contribution in [0.4, 0.5) is 17.1 Å². The van der Waals surface area contributed by atoms with Gasteiger partial charge in [-0.3, -0.25) is 0 Å².